The lowest BCUT2D eigenvalue weighted by atomic mass is 10.1. The second kappa shape index (κ2) is 5.99. The number of carboxylic acid groups (broad SMARTS) is 1. The van der Waals surface area contributed by atoms with Crippen LogP contribution in [0.5, 0.6) is 0 Å². The van der Waals surface area contributed by atoms with Crippen molar-refractivity contribution in [1.29, 1.82) is 0 Å². The minimum absolute atomic E-state index is 0.0875. The molecule has 2 N–H and O–H groups in total. The van der Waals surface area contributed by atoms with Gasteiger partial charge in [-0.25, -0.2) is 4.98 Å². The molecule has 2 rings (SSSR count). The number of halogens is 1. The van der Waals surface area contributed by atoms with E-state index in [-0.39, 0.29) is 6.42 Å². The number of rotatable bonds is 5. The van der Waals surface area contributed by atoms with Gasteiger partial charge in [0.25, 0.3) is 0 Å². The average molecular weight is 279 g/mol. The summed E-state index contributed by atoms with van der Waals surface area (Å²) in [7, 11) is 0. The molecule has 5 heteroatoms. The quantitative estimate of drug-likeness (QED) is 0.826. The van der Waals surface area contributed by atoms with Gasteiger partial charge in [-0.15, -0.1) is 0 Å². The lowest BCUT2D eigenvalue weighted by molar-refractivity contribution is -0.136. The molecule has 0 fully saturated rings. The van der Waals surface area contributed by atoms with Crippen molar-refractivity contribution in [2.24, 2.45) is 0 Å². The number of aromatic nitrogens is 1. The Kier molecular flexibility index (Phi) is 4.35. The van der Waals surface area contributed by atoms with Crippen molar-refractivity contribution in [2.45, 2.75) is 19.9 Å². The second-order valence-electron chi connectivity index (χ2n) is 4.34. The smallest absolute Gasteiger partial charge is 0.304 e. The molecule has 1 aromatic heterocycles. The third-order valence-electron chi connectivity index (χ3n) is 2.95. The summed E-state index contributed by atoms with van der Waals surface area (Å²) < 4.78 is 0. The van der Waals surface area contributed by atoms with E-state index in [2.05, 4.69) is 10.3 Å². The van der Waals surface area contributed by atoms with Crippen molar-refractivity contribution in [3.8, 4) is 0 Å². The van der Waals surface area contributed by atoms with Crippen LogP contribution in [0.4, 0.5) is 0 Å². The number of hydrogen-bond donors (Lipinski definition) is 2. The summed E-state index contributed by atoms with van der Waals surface area (Å²) in [4.78, 5) is 14.9. The number of pyridine rings is 1. The van der Waals surface area contributed by atoms with Gasteiger partial charge in [0.05, 0.1) is 22.7 Å². The molecule has 0 aliphatic carbocycles. The molecule has 19 heavy (non-hydrogen) atoms. The fraction of sp³-hybridized carbons (Fsp3) is 0.286. The Hall–Kier alpha value is -1.65. The molecule has 100 valence electrons. The van der Waals surface area contributed by atoms with Crippen LogP contribution in [0, 0.1) is 6.92 Å². The monoisotopic (exact) mass is 278 g/mol. The highest BCUT2D eigenvalue weighted by molar-refractivity contribution is 6.32. The number of carbonyl (C=O) groups is 1. The summed E-state index contributed by atoms with van der Waals surface area (Å²) in [6.07, 6.45) is 0.0875. The number of nitrogens with zero attached hydrogens (tertiary/aromatic N) is 1. The normalized spacial score (nSPS) is 10.8. The van der Waals surface area contributed by atoms with E-state index in [0.29, 0.717) is 18.1 Å². The zero-order valence-corrected chi connectivity index (χ0v) is 11.4. The first-order valence-corrected chi connectivity index (χ1v) is 6.43. The predicted octanol–water partition coefficient (Wildman–Crippen LogP) is 2.76. The molecule has 0 aliphatic heterocycles. The van der Waals surface area contributed by atoms with E-state index in [4.69, 9.17) is 16.7 Å². The summed E-state index contributed by atoms with van der Waals surface area (Å²) in [5, 5.41) is 13.3. The Balaban J connectivity index is 2.19. The third kappa shape index (κ3) is 3.22. The summed E-state index contributed by atoms with van der Waals surface area (Å²) in [5.41, 5.74) is 2.66. The van der Waals surface area contributed by atoms with Crippen LogP contribution in [-0.4, -0.2) is 22.6 Å². The average Bonchev–Trinajstić information content (AvgIpc) is 2.40. The molecule has 2 aromatic rings. The molecule has 0 saturated heterocycles. The number of aryl methyl sites for hydroxylation is 1. The zero-order chi connectivity index (χ0) is 13.8. The first kappa shape index (κ1) is 13.8. The number of aliphatic carboxylic acids is 1. The maximum atomic E-state index is 10.4. The van der Waals surface area contributed by atoms with Crippen molar-refractivity contribution in [3.05, 3.63) is 40.5 Å². The molecule has 0 unspecified atom stereocenters. The second-order valence-corrected chi connectivity index (χ2v) is 4.71. The Morgan fingerprint density at radius 1 is 1.42 bits per heavy atom. The van der Waals surface area contributed by atoms with Crippen LogP contribution >= 0.6 is 11.6 Å². The van der Waals surface area contributed by atoms with Gasteiger partial charge in [-0.2, -0.15) is 0 Å². The molecule has 0 radical (unpaired) electrons. The van der Waals surface area contributed by atoms with E-state index >= 15 is 0 Å². The number of nitrogens with one attached hydrogen (secondary N) is 1. The van der Waals surface area contributed by atoms with Gasteiger partial charge in [0.15, 0.2) is 0 Å². The molecule has 1 heterocycles. The van der Waals surface area contributed by atoms with Crippen molar-refractivity contribution < 1.29 is 9.90 Å². The fourth-order valence-corrected chi connectivity index (χ4v) is 2.15. The lowest BCUT2D eigenvalue weighted by Crippen LogP contribution is -2.18. The highest BCUT2D eigenvalue weighted by atomic mass is 35.5. The third-order valence-corrected chi connectivity index (χ3v) is 3.46. The molecule has 0 amide bonds. The number of hydrogen-bond acceptors (Lipinski definition) is 3. The molecule has 0 atom stereocenters. The highest BCUT2D eigenvalue weighted by Gasteiger charge is 2.09. The molecule has 0 aliphatic rings. The van der Waals surface area contributed by atoms with Gasteiger partial charge in [0.2, 0.25) is 0 Å². The molecular formula is C14H15ClN2O2. The molecule has 4 nitrogen and oxygen atoms in total. The minimum Gasteiger partial charge on any atom is -0.481 e. The van der Waals surface area contributed by atoms with E-state index in [1.54, 1.807) is 0 Å². The molecule has 0 spiro atoms. The Morgan fingerprint density at radius 3 is 2.89 bits per heavy atom. The van der Waals surface area contributed by atoms with Gasteiger partial charge in [-0.1, -0.05) is 29.8 Å². The van der Waals surface area contributed by atoms with Crippen molar-refractivity contribution >= 4 is 28.5 Å². The van der Waals surface area contributed by atoms with Crippen LogP contribution in [-0.2, 0) is 11.3 Å². The van der Waals surface area contributed by atoms with Gasteiger partial charge in [0, 0.05) is 18.5 Å². The van der Waals surface area contributed by atoms with Gasteiger partial charge in [-0.05, 0) is 18.6 Å². The van der Waals surface area contributed by atoms with Gasteiger partial charge in [0.1, 0.15) is 0 Å². The van der Waals surface area contributed by atoms with E-state index in [9.17, 15) is 4.79 Å². The maximum absolute atomic E-state index is 10.4. The van der Waals surface area contributed by atoms with Crippen molar-refractivity contribution in [2.75, 3.05) is 6.54 Å². The zero-order valence-electron chi connectivity index (χ0n) is 10.6. The summed E-state index contributed by atoms with van der Waals surface area (Å²) in [5.74, 6) is -0.818. The van der Waals surface area contributed by atoms with Crippen LogP contribution in [0.15, 0.2) is 24.3 Å². The number of fused-ring (bicyclic) bond motifs is 1. The van der Waals surface area contributed by atoms with E-state index < -0.39 is 5.97 Å². The molecule has 0 bridgehead atoms. The Morgan fingerprint density at radius 2 is 2.16 bits per heavy atom. The van der Waals surface area contributed by atoms with Crippen LogP contribution in [0.25, 0.3) is 10.9 Å². The van der Waals surface area contributed by atoms with Crippen molar-refractivity contribution in [1.82, 2.24) is 10.3 Å². The largest absolute Gasteiger partial charge is 0.481 e. The van der Waals surface area contributed by atoms with Crippen LogP contribution < -0.4 is 5.32 Å². The lowest BCUT2D eigenvalue weighted by Gasteiger charge is -2.10. The Labute approximate surface area is 116 Å². The highest BCUT2D eigenvalue weighted by Crippen LogP contribution is 2.26. The topological polar surface area (TPSA) is 62.2 Å². The summed E-state index contributed by atoms with van der Waals surface area (Å²) in [6.45, 7) is 2.84. The minimum atomic E-state index is -0.818. The molecule has 0 saturated carbocycles. The summed E-state index contributed by atoms with van der Waals surface area (Å²) >= 11 is 6.29. The van der Waals surface area contributed by atoms with E-state index in [1.807, 2.05) is 31.2 Å². The first-order chi connectivity index (χ1) is 9.09. The predicted molar refractivity (Wildman–Crippen MR) is 75.4 cm³/mol. The first-order valence-electron chi connectivity index (χ1n) is 6.06. The van der Waals surface area contributed by atoms with Crippen LogP contribution in [0.1, 0.15) is 17.7 Å². The van der Waals surface area contributed by atoms with E-state index in [1.165, 1.54) is 0 Å². The SMILES string of the molecule is Cc1c(Cl)c(CNCCC(=O)O)nc2ccccc12. The Bertz CT molecular complexity index is 614. The van der Waals surface area contributed by atoms with Gasteiger partial charge >= 0.3 is 5.97 Å². The fourth-order valence-electron chi connectivity index (χ4n) is 1.94. The summed E-state index contributed by atoms with van der Waals surface area (Å²) in [6, 6.07) is 7.83. The van der Waals surface area contributed by atoms with E-state index in [0.717, 1.165) is 22.2 Å². The van der Waals surface area contributed by atoms with Crippen LogP contribution in [0.3, 0.4) is 0 Å². The van der Waals surface area contributed by atoms with Gasteiger partial charge in [-0.3, -0.25) is 4.79 Å². The number of para-hydroxylation sites is 1. The molecular weight excluding hydrogens is 264 g/mol. The molecule has 1 aromatic carbocycles. The number of benzene rings is 1. The van der Waals surface area contributed by atoms with Crippen LogP contribution in [0.2, 0.25) is 5.02 Å². The van der Waals surface area contributed by atoms with Crippen molar-refractivity contribution in [3.63, 3.8) is 0 Å². The number of carboxylic acids is 1. The van der Waals surface area contributed by atoms with Gasteiger partial charge < -0.3 is 10.4 Å². The standard InChI is InChI=1S/C14H15ClN2O2/c1-9-10-4-2-3-5-11(10)17-12(14(9)15)8-16-7-6-13(18)19/h2-5,16H,6-8H2,1H3,(H,18,19). The maximum Gasteiger partial charge on any atom is 0.304 e.